The zero-order valence-corrected chi connectivity index (χ0v) is 9.51. The molecule has 0 bridgehead atoms. The van der Waals surface area contributed by atoms with Gasteiger partial charge in [0.05, 0.1) is 0 Å². The molecule has 1 aromatic carbocycles. The maximum absolute atomic E-state index is 11.0. The number of nitrogens with zero attached hydrogens (tertiary/aromatic N) is 1. The van der Waals surface area contributed by atoms with Crippen LogP contribution in [-0.2, 0) is 27.2 Å². The Balaban J connectivity index is 0.00000128. The van der Waals surface area contributed by atoms with Gasteiger partial charge < -0.3 is 5.11 Å². The van der Waals surface area contributed by atoms with Gasteiger partial charge >= 0.3 is 0 Å². The van der Waals surface area contributed by atoms with Crippen molar-refractivity contribution in [2.45, 2.75) is 4.90 Å². The average Bonchev–Trinajstić information content (AvgIpc) is 2.17. The van der Waals surface area contributed by atoms with Crippen molar-refractivity contribution < 1.29 is 35.1 Å². The molecule has 0 aliphatic rings. The Hall–Kier alpha value is -1.14. The van der Waals surface area contributed by atoms with Gasteiger partial charge in [-0.15, -0.1) is 0 Å². The van der Waals surface area contributed by atoms with Crippen molar-refractivity contribution in [3.63, 3.8) is 0 Å². The molecule has 2 aromatic rings. The van der Waals surface area contributed by atoms with Crippen molar-refractivity contribution in [3.05, 3.63) is 30.5 Å². The van der Waals surface area contributed by atoms with Gasteiger partial charge in [-0.05, 0) is 24.3 Å². The summed E-state index contributed by atoms with van der Waals surface area (Å²) >= 11 is 0. The summed E-state index contributed by atoms with van der Waals surface area (Å²) in [5.74, 6) is -0.127. The van der Waals surface area contributed by atoms with E-state index in [0.29, 0.717) is 0 Å². The molecule has 0 spiro atoms. The number of phenols is 1. The molecule has 0 saturated carbocycles. The summed E-state index contributed by atoms with van der Waals surface area (Å²) in [5, 5.41) is 9.62. The van der Waals surface area contributed by atoms with Crippen LogP contribution in [0.2, 0.25) is 0 Å². The fraction of sp³-hybridized carbons (Fsp3) is 0. The molecule has 0 aliphatic carbocycles. The topological polar surface area (TPSA) is 87.5 Å². The number of hydrogen-bond donors (Lipinski definition) is 2. The van der Waals surface area contributed by atoms with E-state index in [1.165, 1.54) is 24.4 Å². The van der Waals surface area contributed by atoms with Gasteiger partial charge in [0, 0.05) is 28.7 Å². The van der Waals surface area contributed by atoms with Crippen LogP contribution in [0.25, 0.3) is 10.9 Å². The van der Waals surface area contributed by atoms with Gasteiger partial charge in [0.25, 0.3) is 10.1 Å². The Kier molecular flexibility index (Phi) is 3.54. The SMILES string of the molecule is O=S(=O)(O)c1ccc(O)c2ncccc12.[Cu]. The number of pyridine rings is 1. The second kappa shape index (κ2) is 4.39. The van der Waals surface area contributed by atoms with E-state index in [1.807, 2.05) is 0 Å². The molecule has 16 heavy (non-hydrogen) atoms. The minimum atomic E-state index is -4.30. The largest absolute Gasteiger partial charge is 0.506 e. The number of aromatic nitrogens is 1. The number of phenolic OH excluding ortho intramolecular Hbond substituents is 1. The van der Waals surface area contributed by atoms with Crippen LogP contribution >= 0.6 is 0 Å². The van der Waals surface area contributed by atoms with Gasteiger partial charge in [-0.25, -0.2) is 0 Å². The Morgan fingerprint density at radius 3 is 2.50 bits per heavy atom. The van der Waals surface area contributed by atoms with E-state index in [9.17, 15) is 13.5 Å². The van der Waals surface area contributed by atoms with Crippen molar-refractivity contribution in [2.75, 3.05) is 0 Å². The minimum Gasteiger partial charge on any atom is -0.506 e. The molecular formula is C9H7CuNO4S. The molecule has 0 aliphatic heterocycles. The van der Waals surface area contributed by atoms with Gasteiger partial charge in [0.15, 0.2) is 0 Å². The van der Waals surface area contributed by atoms with E-state index in [-0.39, 0.29) is 38.6 Å². The van der Waals surface area contributed by atoms with Crippen molar-refractivity contribution in [2.24, 2.45) is 0 Å². The zero-order valence-electron chi connectivity index (χ0n) is 7.75. The average molecular weight is 289 g/mol. The second-order valence-corrected chi connectivity index (χ2v) is 4.35. The summed E-state index contributed by atoms with van der Waals surface area (Å²) in [6.07, 6.45) is 1.43. The van der Waals surface area contributed by atoms with E-state index < -0.39 is 10.1 Å². The van der Waals surface area contributed by atoms with Crippen LogP contribution in [0, 0.1) is 0 Å². The molecule has 1 heterocycles. The van der Waals surface area contributed by atoms with E-state index in [0.717, 1.165) is 6.07 Å². The predicted molar refractivity (Wildman–Crippen MR) is 53.2 cm³/mol. The molecule has 0 atom stereocenters. The molecule has 7 heteroatoms. The second-order valence-electron chi connectivity index (χ2n) is 2.96. The normalized spacial score (nSPS) is 11.1. The molecule has 0 saturated heterocycles. The van der Waals surface area contributed by atoms with E-state index >= 15 is 0 Å². The number of rotatable bonds is 1. The first kappa shape index (κ1) is 12.9. The van der Waals surface area contributed by atoms with Crippen LogP contribution < -0.4 is 0 Å². The molecule has 5 nitrogen and oxygen atoms in total. The molecule has 2 N–H and O–H groups in total. The fourth-order valence-electron chi connectivity index (χ4n) is 1.36. The number of benzene rings is 1. The molecule has 89 valence electrons. The number of fused-ring (bicyclic) bond motifs is 1. The van der Waals surface area contributed by atoms with Crippen molar-refractivity contribution >= 4 is 21.0 Å². The van der Waals surface area contributed by atoms with Gasteiger partial charge in [-0.1, -0.05) is 0 Å². The standard InChI is InChI=1S/C9H7NO4S.Cu/c11-7-3-4-8(15(12,13)14)6-2-1-5-10-9(6)7;/h1-5,11H,(H,12,13,14);. The Labute approximate surface area is 102 Å². The third-order valence-corrected chi connectivity index (χ3v) is 2.90. The quantitative estimate of drug-likeness (QED) is 0.608. The van der Waals surface area contributed by atoms with Crippen LogP contribution in [0.15, 0.2) is 35.4 Å². The maximum atomic E-state index is 11.0. The monoisotopic (exact) mass is 288 g/mol. The van der Waals surface area contributed by atoms with E-state index in [2.05, 4.69) is 4.98 Å². The molecule has 0 amide bonds. The van der Waals surface area contributed by atoms with Gasteiger partial charge in [-0.3, -0.25) is 9.54 Å². The molecule has 1 aromatic heterocycles. The summed E-state index contributed by atoms with van der Waals surface area (Å²) in [4.78, 5) is 3.57. The van der Waals surface area contributed by atoms with Crippen LogP contribution in [-0.4, -0.2) is 23.1 Å². The van der Waals surface area contributed by atoms with E-state index in [1.54, 1.807) is 0 Å². The van der Waals surface area contributed by atoms with Crippen LogP contribution in [0.1, 0.15) is 0 Å². The molecule has 1 radical (unpaired) electrons. The Morgan fingerprint density at radius 2 is 1.88 bits per heavy atom. The number of aromatic hydroxyl groups is 1. The Bertz CT molecular complexity index is 626. The minimum absolute atomic E-state index is 0. The first-order valence-electron chi connectivity index (χ1n) is 4.04. The van der Waals surface area contributed by atoms with E-state index in [4.69, 9.17) is 4.55 Å². The summed E-state index contributed by atoms with van der Waals surface area (Å²) in [5.41, 5.74) is 0.146. The third kappa shape index (κ3) is 2.17. The maximum Gasteiger partial charge on any atom is 0.295 e. The third-order valence-electron chi connectivity index (χ3n) is 1.99. The van der Waals surface area contributed by atoms with Crippen molar-refractivity contribution in [1.82, 2.24) is 4.98 Å². The number of hydrogen-bond acceptors (Lipinski definition) is 4. The molecular weight excluding hydrogens is 282 g/mol. The summed E-state index contributed by atoms with van der Waals surface area (Å²) in [7, 11) is -4.30. The van der Waals surface area contributed by atoms with Gasteiger partial charge in [0.2, 0.25) is 0 Å². The summed E-state index contributed by atoms with van der Waals surface area (Å²) in [6.45, 7) is 0. The summed E-state index contributed by atoms with van der Waals surface area (Å²) < 4.78 is 30.9. The first-order chi connectivity index (χ1) is 7.00. The van der Waals surface area contributed by atoms with Crippen LogP contribution in [0.3, 0.4) is 0 Å². The summed E-state index contributed by atoms with van der Waals surface area (Å²) in [6, 6.07) is 5.30. The fourth-order valence-corrected chi connectivity index (χ4v) is 2.04. The molecule has 0 fully saturated rings. The van der Waals surface area contributed by atoms with Gasteiger partial charge in [-0.2, -0.15) is 8.42 Å². The van der Waals surface area contributed by atoms with Crippen molar-refractivity contribution in [3.8, 4) is 5.75 Å². The van der Waals surface area contributed by atoms with Crippen LogP contribution in [0.5, 0.6) is 5.75 Å². The first-order valence-corrected chi connectivity index (χ1v) is 5.48. The van der Waals surface area contributed by atoms with Crippen molar-refractivity contribution in [1.29, 1.82) is 0 Å². The Morgan fingerprint density at radius 1 is 1.19 bits per heavy atom. The predicted octanol–water partition coefficient (Wildman–Crippen LogP) is 1.18. The van der Waals surface area contributed by atoms with Crippen LogP contribution in [0.4, 0.5) is 0 Å². The smallest absolute Gasteiger partial charge is 0.295 e. The zero-order chi connectivity index (χ0) is 11.1. The molecule has 0 unspecified atom stereocenters. The van der Waals surface area contributed by atoms with Gasteiger partial charge in [0.1, 0.15) is 16.2 Å². The molecule has 2 rings (SSSR count).